The van der Waals surface area contributed by atoms with Crippen LogP contribution in [-0.4, -0.2) is 16.8 Å². The zero-order valence-electron chi connectivity index (χ0n) is 12.7. The van der Waals surface area contributed by atoms with Gasteiger partial charge in [-0.05, 0) is 49.4 Å². The van der Waals surface area contributed by atoms with Crippen molar-refractivity contribution in [3.63, 3.8) is 0 Å². The second kappa shape index (κ2) is 7.01. The van der Waals surface area contributed by atoms with Crippen molar-refractivity contribution in [2.24, 2.45) is 0 Å². The van der Waals surface area contributed by atoms with Gasteiger partial charge in [0.25, 0.3) is 0 Å². The molecule has 1 aliphatic carbocycles. The lowest BCUT2D eigenvalue weighted by Crippen LogP contribution is -2.12. The second-order valence-electron chi connectivity index (χ2n) is 5.62. The highest BCUT2D eigenvalue weighted by molar-refractivity contribution is 7.98. The average Bonchev–Trinajstić information content (AvgIpc) is 3.12. The van der Waals surface area contributed by atoms with Crippen molar-refractivity contribution in [2.45, 2.75) is 38.4 Å². The summed E-state index contributed by atoms with van der Waals surface area (Å²) in [6.45, 7) is 1.90. The number of aryl methyl sites for hydroxylation is 3. The lowest BCUT2D eigenvalue weighted by atomic mass is 10.1. The van der Waals surface area contributed by atoms with E-state index in [1.807, 2.05) is 19.1 Å². The van der Waals surface area contributed by atoms with Gasteiger partial charge in [-0.25, -0.2) is 0 Å². The van der Waals surface area contributed by atoms with Gasteiger partial charge in [0.2, 0.25) is 5.91 Å². The van der Waals surface area contributed by atoms with E-state index >= 15 is 0 Å². The molecule has 1 amide bonds. The molecule has 0 saturated heterocycles. The summed E-state index contributed by atoms with van der Waals surface area (Å²) in [4.78, 5) is 12.0. The van der Waals surface area contributed by atoms with Gasteiger partial charge in [0.1, 0.15) is 5.76 Å². The normalized spacial score (nSPS) is 13.1. The van der Waals surface area contributed by atoms with Crippen molar-refractivity contribution in [2.75, 3.05) is 11.1 Å². The molecule has 0 fully saturated rings. The molecule has 116 valence electrons. The Balaban J connectivity index is 1.41. The lowest BCUT2D eigenvalue weighted by molar-refractivity contribution is -0.115. The lowest BCUT2D eigenvalue weighted by Gasteiger charge is -2.07. The van der Waals surface area contributed by atoms with Crippen LogP contribution in [0.15, 0.2) is 28.8 Å². The number of aromatic nitrogens is 1. The van der Waals surface area contributed by atoms with Gasteiger partial charge in [0.05, 0.1) is 11.4 Å². The van der Waals surface area contributed by atoms with Crippen molar-refractivity contribution in [3.8, 4) is 0 Å². The molecule has 4 nitrogen and oxygen atoms in total. The highest BCUT2D eigenvalue weighted by Gasteiger charge is 2.11. The number of thioether (sulfide) groups is 1. The summed E-state index contributed by atoms with van der Waals surface area (Å²) in [6, 6.07) is 8.19. The molecule has 22 heavy (non-hydrogen) atoms. The van der Waals surface area contributed by atoms with E-state index in [0.717, 1.165) is 35.1 Å². The zero-order valence-corrected chi connectivity index (χ0v) is 13.5. The summed E-state index contributed by atoms with van der Waals surface area (Å²) in [5, 5.41) is 6.83. The molecule has 0 radical (unpaired) electrons. The Kier molecular flexibility index (Phi) is 4.83. The molecule has 1 aliphatic rings. The van der Waals surface area contributed by atoms with Crippen LogP contribution in [0.5, 0.6) is 0 Å². The molecule has 0 aliphatic heterocycles. The first-order chi connectivity index (χ1) is 10.7. The molecule has 1 aromatic carbocycles. The number of hydrogen-bond donors (Lipinski definition) is 1. The quantitative estimate of drug-likeness (QED) is 0.825. The number of benzene rings is 1. The fourth-order valence-corrected chi connectivity index (χ4v) is 3.51. The zero-order chi connectivity index (χ0) is 15.4. The summed E-state index contributed by atoms with van der Waals surface area (Å²) in [5.74, 6) is 2.46. The van der Waals surface area contributed by atoms with Crippen molar-refractivity contribution in [1.29, 1.82) is 0 Å². The summed E-state index contributed by atoms with van der Waals surface area (Å²) < 4.78 is 5.14. The van der Waals surface area contributed by atoms with Crippen LogP contribution < -0.4 is 5.32 Å². The highest BCUT2D eigenvalue weighted by atomic mass is 32.2. The second-order valence-corrected chi connectivity index (χ2v) is 6.73. The molecule has 0 atom stereocenters. The molecule has 1 N–H and O–H groups in total. The van der Waals surface area contributed by atoms with Gasteiger partial charge in [0.15, 0.2) is 0 Å². The van der Waals surface area contributed by atoms with Gasteiger partial charge in [-0.15, -0.1) is 0 Å². The van der Waals surface area contributed by atoms with E-state index in [1.54, 1.807) is 11.8 Å². The number of carbonyl (C=O) groups excluding carboxylic acids is 1. The molecule has 2 aromatic rings. The molecule has 0 spiro atoms. The Morgan fingerprint density at radius 2 is 2.18 bits per heavy atom. The van der Waals surface area contributed by atoms with Crippen LogP contribution in [0, 0.1) is 6.92 Å². The summed E-state index contributed by atoms with van der Waals surface area (Å²) in [7, 11) is 0. The molecule has 0 saturated carbocycles. The number of nitrogens with one attached hydrogen (secondary N) is 1. The minimum atomic E-state index is 0.0687. The first-order valence-electron chi connectivity index (χ1n) is 7.62. The topological polar surface area (TPSA) is 55.1 Å². The Labute approximate surface area is 134 Å². The fourth-order valence-electron chi connectivity index (χ4n) is 2.70. The Hall–Kier alpha value is -1.75. The van der Waals surface area contributed by atoms with Crippen LogP contribution in [0.1, 0.15) is 35.4 Å². The van der Waals surface area contributed by atoms with Crippen LogP contribution in [0.4, 0.5) is 5.69 Å². The fraction of sp³-hybridized carbons (Fsp3) is 0.412. The largest absolute Gasteiger partial charge is 0.360 e. The minimum absolute atomic E-state index is 0.0687. The number of nitrogens with zero attached hydrogens (tertiary/aromatic N) is 1. The average molecular weight is 316 g/mol. The Morgan fingerprint density at radius 3 is 3.00 bits per heavy atom. The first-order valence-corrected chi connectivity index (χ1v) is 8.78. The van der Waals surface area contributed by atoms with Gasteiger partial charge in [-0.3, -0.25) is 4.79 Å². The molecular formula is C17H20N2O2S. The van der Waals surface area contributed by atoms with Crippen molar-refractivity contribution < 1.29 is 9.32 Å². The number of hydrogen-bond acceptors (Lipinski definition) is 4. The summed E-state index contributed by atoms with van der Waals surface area (Å²) in [5.41, 5.74) is 4.62. The maximum atomic E-state index is 12.0. The van der Waals surface area contributed by atoms with E-state index in [2.05, 4.69) is 22.6 Å². The van der Waals surface area contributed by atoms with Gasteiger partial charge >= 0.3 is 0 Å². The monoisotopic (exact) mass is 316 g/mol. The van der Waals surface area contributed by atoms with Crippen molar-refractivity contribution in [1.82, 2.24) is 5.16 Å². The number of rotatable bonds is 6. The third-order valence-corrected chi connectivity index (χ3v) is 4.76. The van der Waals surface area contributed by atoms with Gasteiger partial charge in [-0.1, -0.05) is 11.2 Å². The predicted octanol–water partition coefficient (Wildman–Crippen LogP) is 3.73. The molecule has 1 aromatic heterocycles. The smallest absolute Gasteiger partial charge is 0.225 e. The molecule has 0 bridgehead atoms. The summed E-state index contributed by atoms with van der Waals surface area (Å²) in [6.07, 6.45) is 4.03. The van der Waals surface area contributed by atoms with Crippen LogP contribution in [0.3, 0.4) is 0 Å². The van der Waals surface area contributed by atoms with Gasteiger partial charge in [-0.2, -0.15) is 11.8 Å². The van der Waals surface area contributed by atoms with Gasteiger partial charge in [0, 0.05) is 23.9 Å². The first kappa shape index (κ1) is 15.2. The predicted molar refractivity (Wildman–Crippen MR) is 89.1 cm³/mol. The van der Waals surface area contributed by atoms with Crippen molar-refractivity contribution in [3.05, 3.63) is 46.8 Å². The number of anilines is 1. The molecule has 1 heterocycles. The maximum Gasteiger partial charge on any atom is 0.225 e. The minimum Gasteiger partial charge on any atom is -0.360 e. The number of fused-ring (bicyclic) bond motifs is 1. The van der Waals surface area contributed by atoms with E-state index in [1.165, 1.54) is 24.0 Å². The van der Waals surface area contributed by atoms with E-state index in [-0.39, 0.29) is 5.91 Å². The third-order valence-electron chi connectivity index (χ3n) is 3.78. The number of amides is 1. The van der Waals surface area contributed by atoms with Crippen LogP contribution >= 0.6 is 11.8 Å². The van der Waals surface area contributed by atoms with Crippen LogP contribution in [0.25, 0.3) is 0 Å². The summed E-state index contributed by atoms with van der Waals surface area (Å²) >= 11 is 1.68. The third kappa shape index (κ3) is 3.91. The number of carbonyl (C=O) groups is 1. The molecule has 3 rings (SSSR count). The van der Waals surface area contributed by atoms with E-state index < -0.39 is 0 Å². The van der Waals surface area contributed by atoms with Crippen LogP contribution in [-0.2, 0) is 23.4 Å². The standard InChI is InChI=1S/C17H20N2O2S/c1-12-9-16(21-19-12)11-22-8-7-17(20)18-15-6-5-13-3-2-4-14(13)10-15/h5-6,9-10H,2-4,7-8,11H2,1H3,(H,18,20). The molecular weight excluding hydrogens is 296 g/mol. The highest BCUT2D eigenvalue weighted by Crippen LogP contribution is 2.25. The Bertz CT molecular complexity index is 666. The van der Waals surface area contributed by atoms with E-state index in [0.29, 0.717) is 6.42 Å². The maximum absolute atomic E-state index is 12.0. The van der Waals surface area contributed by atoms with E-state index in [9.17, 15) is 4.79 Å². The molecule has 0 unspecified atom stereocenters. The van der Waals surface area contributed by atoms with Crippen molar-refractivity contribution >= 4 is 23.4 Å². The SMILES string of the molecule is Cc1cc(CSCCC(=O)Nc2ccc3c(c2)CCC3)on1. The Morgan fingerprint density at radius 1 is 1.32 bits per heavy atom. The van der Waals surface area contributed by atoms with Gasteiger partial charge < -0.3 is 9.84 Å². The molecule has 5 heteroatoms. The van der Waals surface area contributed by atoms with E-state index in [4.69, 9.17) is 4.52 Å². The van der Waals surface area contributed by atoms with Crippen LogP contribution in [0.2, 0.25) is 0 Å².